The lowest BCUT2D eigenvalue weighted by atomic mass is 10.2. The van der Waals surface area contributed by atoms with E-state index in [2.05, 4.69) is 57.4 Å². The molecule has 30 heavy (non-hydrogen) atoms. The Hall–Kier alpha value is -3.92. The van der Waals surface area contributed by atoms with Crippen molar-refractivity contribution in [1.82, 2.24) is 14.9 Å². The first kappa shape index (κ1) is 19.4. The normalized spacial score (nSPS) is 13.6. The molecular weight excluding hydrogens is 376 g/mol. The predicted molar refractivity (Wildman–Crippen MR) is 116 cm³/mol. The lowest BCUT2D eigenvalue weighted by molar-refractivity contribution is 0.0741. The summed E-state index contributed by atoms with van der Waals surface area (Å²) in [6.45, 7) is 4.94. The molecule has 7 nitrogen and oxygen atoms in total. The summed E-state index contributed by atoms with van der Waals surface area (Å²) in [6, 6.07) is 19.2. The van der Waals surface area contributed by atoms with Crippen LogP contribution in [0.25, 0.3) is 0 Å². The van der Waals surface area contributed by atoms with E-state index >= 15 is 0 Å². The third-order valence-corrected chi connectivity index (χ3v) is 5.06. The van der Waals surface area contributed by atoms with Crippen LogP contribution in [0.4, 0.5) is 17.3 Å². The van der Waals surface area contributed by atoms with Gasteiger partial charge in [0.15, 0.2) is 0 Å². The molecule has 1 fully saturated rings. The molecule has 2 aromatic carbocycles. The quantitative estimate of drug-likeness (QED) is 0.725. The molecule has 1 N–H and O–H groups in total. The van der Waals surface area contributed by atoms with Crippen LogP contribution in [0.15, 0.2) is 60.8 Å². The molecule has 1 aliphatic rings. The Kier molecular flexibility index (Phi) is 5.57. The van der Waals surface area contributed by atoms with Gasteiger partial charge >= 0.3 is 0 Å². The fourth-order valence-corrected chi connectivity index (χ4v) is 3.49. The fourth-order valence-electron chi connectivity index (χ4n) is 3.49. The number of amides is 1. The van der Waals surface area contributed by atoms with E-state index in [0.29, 0.717) is 36.0 Å². The van der Waals surface area contributed by atoms with Crippen LogP contribution in [-0.4, -0.2) is 47.0 Å². The number of nitrogens with zero attached hydrogens (tertiary/aromatic N) is 5. The SMILES string of the molecule is Cc1cccc(N2CCN(C(=O)c3ccnc(Nc4cccc(C#N)c4)n3)CC2)c1. The third kappa shape index (κ3) is 4.39. The van der Waals surface area contributed by atoms with Crippen molar-refractivity contribution in [1.29, 1.82) is 5.26 Å². The van der Waals surface area contributed by atoms with Crippen LogP contribution in [0, 0.1) is 18.3 Å². The zero-order chi connectivity index (χ0) is 20.9. The Labute approximate surface area is 175 Å². The van der Waals surface area contributed by atoms with Crippen molar-refractivity contribution in [2.75, 3.05) is 36.4 Å². The maximum Gasteiger partial charge on any atom is 0.272 e. The van der Waals surface area contributed by atoms with Gasteiger partial charge in [-0.25, -0.2) is 9.97 Å². The molecule has 0 atom stereocenters. The zero-order valence-corrected chi connectivity index (χ0v) is 16.7. The minimum atomic E-state index is -0.102. The average Bonchev–Trinajstić information content (AvgIpc) is 2.79. The summed E-state index contributed by atoms with van der Waals surface area (Å²) in [5.74, 6) is 0.226. The van der Waals surface area contributed by atoms with Gasteiger partial charge in [0.25, 0.3) is 5.91 Å². The van der Waals surface area contributed by atoms with Gasteiger partial charge in [-0.2, -0.15) is 5.26 Å². The number of benzene rings is 2. The number of nitriles is 1. The zero-order valence-electron chi connectivity index (χ0n) is 16.7. The summed E-state index contributed by atoms with van der Waals surface area (Å²) in [6.07, 6.45) is 1.57. The highest BCUT2D eigenvalue weighted by molar-refractivity contribution is 5.92. The minimum absolute atomic E-state index is 0.102. The van der Waals surface area contributed by atoms with Crippen molar-refractivity contribution in [3.63, 3.8) is 0 Å². The topological polar surface area (TPSA) is 85.1 Å². The Morgan fingerprint density at radius 1 is 1.07 bits per heavy atom. The molecule has 3 aromatic rings. The molecule has 1 amide bonds. The third-order valence-electron chi connectivity index (χ3n) is 5.06. The van der Waals surface area contributed by atoms with E-state index in [1.165, 1.54) is 11.3 Å². The second-order valence-electron chi connectivity index (χ2n) is 7.20. The first-order valence-electron chi connectivity index (χ1n) is 9.83. The van der Waals surface area contributed by atoms with Crippen LogP contribution in [0.1, 0.15) is 21.6 Å². The molecule has 0 radical (unpaired) electrons. The summed E-state index contributed by atoms with van der Waals surface area (Å²) in [4.78, 5) is 25.6. The van der Waals surface area contributed by atoms with Crippen molar-refractivity contribution >= 4 is 23.2 Å². The maximum absolute atomic E-state index is 12.9. The first-order valence-corrected chi connectivity index (χ1v) is 9.83. The smallest absolute Gasteiger partial charge is 0.272 e. The molecule has 0 aliphatic carbocycles. The van der Waals surface area contributed by atoms with Gasteiger partial charge < -0.3 is 15.1 Å². The summed E-state index contributed by atoms with van der Waals surface area (Å²) >= 11 is 0. The second-order valence-corrected chi connectivity index (χ2v) is 7.20. The van der Waals surface area contributed by atoms with Gasteiger partial charge in [-0.15, -0.1) is 0 Å². The molecule has 7 heteroatoms. The highest BCUT2D eigenvalue weighted by Gasteiger charge is 2.23. The molecule has 2 heterocycles. The largest absolute Gasteiger partial charge is 0.368 e. The van der Waals surface area contributed by atoms with E-state index in [4.69, 9.17) is 5.26 Å². The number of nitrogens with one attached hydrogen (secondary N) is 1. The highest BCUT2D eigenvalue weighted by Crippen LogP contribution is 2.19. The number of anilines is 3. The summed E-state index contributed by atoms with van der Waals surface area (Å²) in [5, 5.41) is 12.1. The molecule has 0 spiro atoms. The Bertz CT molecular complexity index is 1100. The Morgan fingerprint density at radius 3 is 2.63 bits per heavy atom. The van der Waals surface area contributed by atoms with Crippen molar-refractivity contribution in [2.24, 2.45) is 0 Å². The van der Waals surface area contributed by atoms with Gasteiger partial charge in [0.05, 0.1) is 11.6 Å². The van der Waals surface area contributed by atoms with Gasteiger partial charge in [0.2, 0.25) is 5.95 Å². The molecule has 0 bridgehead atoms. The summed E-state index contributed by atoms with van der Waals surface area (Å²) in [7, 11) is 0. The fraction of sp³-hybridized carbons (Fsp3) is 0.217. The molecule has 0 unspecified atom stereocenters. The summed E-state index contributed by atoms with van der Waals surface area (Å²) in [5.41, 5.74) is 4.01. The van der Waals surface area contributed by atoms with Crippen LogP contribution in [0.2, 0.25) is 0 Å². The second kappa shape index (κ2) is 8.62. The van der Waals surface area contributed by atoms with E-state index < -0.39 is 0 Å². The average molecular weight is 398 g/mol. The van der Waals surface area contributed by atoms with Gasteiger partial charge in [-0.3, -0.25) is 4.79 Å². The van der Waals surface area contributed by atoms with Crippen LogP contribution in [0.3, 0.4) is 0 Å². The lowest BCUT2D eigenvalue weighted by Gasteiger charge is -2.36. The molecular formula is C23H22N6O. The maximum atomic E-state index is 12.9. The van der Waals surface area contributed by atoms with Crippen LogP contribution in [0.5, 0.6) is 0 Å². The number of hydrogen-bond acceptors (Lipinski definition) is 6. The van der Waals surface area contributed by atoms with Crippen molar-refractivity contribution < 1.29 is 4.79 Å². The first-order chi connectivity index (χ1) is 14.6. The van der Waals surface area contributed by atoms with Gasteiger partial charge in [-0.05, 0) is 48.9 Å². The van der Waals surface area contributed by atoms with E-state index in [9.17, 15) is 4.79 Å². The van der Waals surface area contributed by atoms with Gasteiger partial charge in [0, 0.05) is 43.8 Å². The number of aryl methyl sites for hydroxylation is 1. The number of aromatic nitrogens is 2. The number of hydrogen-bond donors (Lipinski definition) is 1. The molecule has 150 valence electrons. The summed E-state index contributed by atoms with van der Waals surface area (Å²) < 4.78 is 0. The standard InChI is InChI=1S/C23H22N6O/c1-17-4-2-7-20(14-17)28-10-12-29(13-11-28)22(30)21-8-9-25-23(27-21)26-19-6-3-5-18(15-19)16-24/h2-9,14-15H,10-13H2,1H3,(H,25,26,27). The number of carbonyl (C=O) groups is 1. The lowest BCUT2D eigenvalue weighted by Crippen LogP contribution is -2.49. The number of rotatable bonds is 4. The molecule has 1 aromatic heterocycles. The van der Waals surface area contributed by atoms with E-state index in [-0.39, 0.29) is 5.91 Å². The Morgan fingerprint density at radius 2 is 1.87 bits per heavy atom. The number of carbonyl (C=O) groups excluding carboxylic acids is 1. The monoisotopic (exact) mass is 398 g/mol. The molecule has 1 saturated heterocycles. The van der Waals surface area contributed by atoms with Gasteiger partial charge in [0.1, 0.15) is 5.69 Å². The van der Waals surface area contributed by atoms with E-state index in [0.717, 1.165) is 13.1 Å². The number of piperazine rings is 1. The van der Waals surface area contributed by atoms with E-state index in [1.807, 2.05) is 11.0 Å². The molecule has 4 rings (SSSR count). The van der Waals surface area contributed by atoms with Crippen LogP contribution in [-0.2, 0) is 0 Å². The highest BCUT2D eigenvalue weighted by atomic mass is 16.2. The van der Waals surface area contributed by atoms with Gasteiger partial charge in [-0.1, -0.05) is 18.2 Å². The minimum Gasteiger partial charge on any atom is -0.368 e. The predicted octanol–water partition coefficient (Wildman–Crippen LogP) is 3.36. The van der Waals surface area contributed by atoms with Crippen molar-refractivity contribution in [3.05, 3.63) is 77.6 Å². The van der Waals surface area contributed by atoms with E-state index in [1.54, 1.807) is 30.5 Å². The molecule has 0 saturated carbocycles. The van der Waals surface area contributed by atoms with Crippen molar-refractivity contribution in [2.45, 2.75) is 6.92 Å². The molecule has 1 aliphatic heterocycles. The Balaban J connectivity index is 1.41. The van der Waals surface area contributed by atoms with Crippen molar-refractivity contribution in [3.8, 4) is 6.07 Å². The van der Waals surface area contributed by atoms with Crippen LogP contribution < -0.4 is 10.2 Å². The van der Waals surface area contributed by atoms with Crippen LogP contribution >= 0.6 is 0 Å².